The van der Waals surface area contributed by atoms with Crippen LogP contribution in [0.5, 0.6) is 11.5 Å². The minimum absolute atomic E-state index is 0.302. The zero-order chi connectivity index (χ0) is 18.0. The molecule has 1 aliphatic rings. The Kier molecular flexibility index (Phi) is 9.16. The Labute approximate surface area is 148 Å². The van der Waals surface area contributed by atoms with Crippen molar-refractivity contribution in [2.24, 2.45) is 5.41 Å². The number of hydrogen-bond acceptors (Lipinski definition) is 4. The first-order valence-corrected chi connectivity index (χ1v) is 9.18. The second kappa shape index (κ2) is 10.6. The van der Waals surface area contributed by atoms with Gasteiger partial charge in [0, 0.05) is 19.1 Å². The average molecular weight is 337 g/mol. The molecule has 4 heteroatoms. The van der Waals surface area contributed by atoms with Crippen LogP contribution in [0, 0.1) is 5.41 Å². The molecule has 0 fully saturated rings. The highest BCUT2D eigenvalue weighted by Gasteiger charge is 2.20. The highest BCUT2D eigenvalue weighted by molar-refractivity contribution is 5.44. The van der Waals surface area contributed by atoms with E-state index in [1.807, 2.05) is 13.1 Å². The minimum atomic E-state index is 0.302. The lowest BCUT2D eigenvalue weighted by Gasteiger charge is -2.28. The molecule has 0 bridgehead atoms. The Balaban J connectivity index is 0.000000648. The number of rotatable bonds is 8. The molecule has 0 amide bonds. The van der Waals surface area contributed by atoms with Crippen LogP contribution in [-0.2, 0) is 6.54 Å². The molecule has 1 aromatic rings. The van der Waals surface area contributed by atoms with Gasteiger partial charge in [-0.25, -0.2) is 0 Å². The van der Waals surface area contributed by atoms with Crippen LogP contribution in [0.4, 0.5) is 0 Å². The molecule has 1 unspecified atom stereocenters. The number of ether oxygens (including phenoxy) is 2. The third kappa shape index (κ3) is 7.54. The Hall–Kier alpha value is -1.26. The molecular weight excluding hydrogens is 300 g/mol. The molecule has 0 aliphatic carbocycles. The molecule has 0 spiro atoms. The van der Waals surface area contributed by atoms with E-state index in [0.717, 1.165) is 31.0 Å². The van der Waals surface area contributed by atoms with Crippen LogP contribution < -0.4 is 20.1 Å². The fourth-order valence-corrected chi connectivity index (χ4v) is 2.79. The van der Waals surface area contributed by atoms with Gasteiger partial charge in [0.15, 0.2) is 11.5 Å². The van der Waals surface area contributed by atoms with Crippen molar-refractivity contribution in [3.05, 3.63) is 23.8 Å². The van der Waals surface area contributed by atoms with Gasteiger partial charge < -0.3 is 20.1 Å². The highest BCUT2D eigenvalue weighted by atomic mass is 16.7. The zero-order valence-electron chi connectivity index (χ0n) is 16.4. The van der Waals surface area contributed by atoms with Crippen LogP contribution >= 0.6 is 0 Å². The van der Waals surface area contributed by atoms with Crippen LogP contribution in [-0.4, -0.2) is 26.4 Å². The summed E-state index contributed by atoms with van der Waals surface area (Å²) in [6, 6.07) is 6.60. The molecule has 2 rings (SSSR count). The number of unbranched alkanes of at least 4 members (excludes halogenated alkanes) is 1. The van der Waals surface area contributed by atoms with Crippen LogP contribution in [0.3, 0.4) is 0 Å². The molecule has 138 valence electrons. The van der Waals surface area contributed by atoms with E-state index in [4.69, 9.17) is 9.47 Å². The lowest BCUT2D eigenvalue weighted by atomic mass is 9.86. The van der Waals surface area contributed by atoms with E-state index in [1.165, 1.54) is 18.4 Å². The third-order valence-electron chi connectivity index (χ3n) is 4.11. The maximum Gasteiger partial charge on any atom is 0.231 e. The minimum Gasteiger partial charge on any atom is -0.454 e. The molecule has 0 saturated heterocycles. The fraction of sp³-hybridized carbons (Fsp3) is 0.700. The van der Waals surface area contributed by atoms with Crippen LogP contribution in [0.15, 0.2) is 18.2 Å². The summed E-state index contributed by atoms with van der Waals surface area (Å²) in [6.07, 6.45) is 3.78. The van der Waals surface area contributed by atoms with Gasteiger partial charge in [0.1, 0.15) is 0 Å². The van der Waals surface area contributed by atoms with E-state index in [9.17, 15) is 0 Å². The van der Waals surface area contributed by atoms with Crippen LogP contribution in [0.2, 0.25) is 0 Å². The molecule has 0 radical (unpaired) electrons. The van der Waals surface area contributed by atoms with Crippen molar-refractivity contribution < 1.29 is 9.47 Å². The summed E-state index contributed by atoms with van der Waals surface area (Å²) in [4.78, 5) is 0. The first-order valence-electron chi connectivity index (χ1n) is 9.18. The van der Waals surface area contributed by atoms with Gasteiger partial charge in [0.05, 0.1) is 0 Å². The van der Waals surface area contributed by atoms with E-state index in [1.54, 1.807) is 0 Å². The summed E-state index contributed by atoms with van der Waals surface area (Å²) in [6.45, 7) is 13.4. The van der Waals surface area contributed by atoms with Gasteiger partial charge in [0.25, 0.3) is 0 Å². The van der Waals surface area contributed by atoms with Crippen molar-refractivity contribution in [1.29, 1.82) is 0 Å². The van der Waals surface area contributed by atoms with Crippen LogP contribution in [0.25, 0.3) is 0 Å². The van der Waals surface area contributed by atoms with E-state index < -0.39 is 0 Å². The predicted molar refractivity (Wildman–Crippen MR) is 102 cm³/mol. The monoisotopic (exact) mass is 336 g/mol. The van der Waals surface area contributed by atoms with Gasteiger partial charge in [-0.2, -0.15) is 0 Å². The standard InChI is InChI=1S/C16H26N2O2.C4H10/c1-12(8-16(2,3)10-17-4)18-9-13-5-6-14-15(7-13)20-11-19-14;1-3-4-2/h5-7,12,17-18H,8-11H2,1-4H3;3-4H2,1-2H3. The largest absolute Gasteiger partial charge is 0.454 e. The van der Waals surface area contributed by atoms with Crippen molar-refractivity contribution in [2.75, 3.05) is 20.4 Å². The van der Waals surface area contributed by atoms with Gasteiger partial charge in [-0.1, -0.05) is 46.6 Å². The Bertz CT molecular complexity index is 473. The van der Waals surface area contributed by atoms with Crippen molar-refractivity contribution in [2.45, 2.75) is 66.5 Å². The summed E-state index contributed by atoms with van der Waals surface area (Å²) in [7, 11) is 2.01. The molecule has 4 nitrogen and oxygen atoms in total. The molecule has 1 heterocycles. The molecular formula is C20H36N2O2. The zero-order valence-corrected chi connectivity index (χ0v) is 16.4. The summed E-state index contributed by atoms with van der Waals surface area (Å²) in [5, 5.41) is 6.84. The molecule has 0 saturated carbocycles. The Morgan fingerprint density at radius 3 is 2.42 bits per heavy atom. The summed E-state index contributed by atoms with van der Waals surface area (Å²) < 4.78 is 10.7. The number of hydrogen-bond donors (Lipinski definition) is 2. The topological polar surface area (TPSA) is 42.5 Å². The molecule has 0 aromatic heterocycles. The lowest BCUT2D eigenvalue weighted by Crippen LogP contribution is -2.35. The van der Waals surface area contributed by atoms with Gasteiger partial charge in [0.2, 0.25) is 6.79 Å². The van der Waals surface area contributed by atoms with E-state index in [2.05, 4.69) is 57.4 Å². The molecule has 24 heavy (non-hydrogen) atoms. The molecule has 1 aliphatic heterocycles. The number of fused-ring (bicyclic) bond motifs is 1. The van der Waals surface area contributed by atoms with E-state index in [-0.39, 0.29) is 0 Å². The van der Waals surface area contributed by atoms with Gasteiger partial charge in [-0.15, -0.1) is 0 Å². The van der Waals surface area contributed by atoms with Crippen molar-refractivity contribution in [3.8, 4) is 11.5 Å². The maximum absolute atomic E-state index is 5.40. The maximum atomic E-state index is 5.40. The van der Waals surface area contributed by atoms with Crippen molar-refractivity contribution in [3.63, 3.8) is 0 Å². The normalized spacial score (nSPS) is 14.1. The van der Waals surface area contributed by atoms with Gasteiger partial charge in [-0.3, -0.25) is 0 Å². The molecule has 1 atom stereocenters. The summed E-state index contributed by atoms with van der Waals surface area (Å²) in [5.41, 5.74) is 1.53. The first kappa shape index (κ1) is 20.8. The molecule has 1 aromatic carbocycles. The number of benzene rings is 1. The predicted octanol–water partition coefficient (Wildman–Crippen LogP) is 4.34. The van der Waals surface area contributed by atoms with E-state index >= 15 is 0 Å². The second-order valence-corrected chi connectivity index (χ2v) is 7.37. The average Bonchev–Trinajstić information content (AvgIpc) is 3.00. The smallest absolute Gasteiger partial charge is 0.231 e. The van der Waals surface area contributed by atoms with Gasteiger partial charge in [-0.05, 0) is 43.5 Å². The highest BCUT2D eigenvalue weighted by Crippen LogP contribution is 2.32. The quantitative estimate of drug-likeness (QED) is 0.741. The van der Waals surface area contributed by atoms with Gasteiger partial charge >= 0.3 is 0 Å². The third-order valence-corrected chi connectivity index (χ3v) is 4.11. The fourth-order valence-electron chi connectivity index (χ4n) is 2.79. The lowest BCUT2D eigenvalue weighted by molar-refractivity contribution is 0.174. The molecule has 2 N–H and O–H groups in total. The summed E-state index contributed by atoms with van der Waals surface area (Å²) in [5.74, 6) is 1.70. The van der Waals surface area contributed by atoms with Crippen molar-refractivity contribution in [1.82, 2.24) is 10.6 Å². The van der Waals surface area contributed by atoms with Crippen LogP contribution in [0.1, 0.15) is 59.4 Å². The number of nitrogens with one attached hydrogen (secondary N) is 2. The van der Waals surface area contributed by atoms with E-state index in [0.29, 0.717) is 18.2 Å². The summed E-state index contributed by atoms with van der Waals surface area (Å²) >= 11 is 0. The van der Waals surface area contributed by atoms with Crippen molar-refractivity contribution >= 4 is 0 Å². The second-order valence-electron chi connectivity index (χ2n) is 7.37. The first-order chi connectivity index (χ1) is 11.4. The Morgan fingerprint density at radius 1 is 1.12 bits per heavy atom. The Morgan fingerprint density at radius 2 is 1.79 bits per heavy atom. The SMILES string of the molecule is CCCC.CNCC(C)(C)CC(C)NCc1ccc2c(c1)OCO2.